The first-order valence-electron chi connectivity index (χ1n) is 11.9. The van der Waals surface area contributed by atoms with Crippen molar-refractivity contribution in [2.75, 3.05) is 20.7 Å². The lowest BCUT2D eigenvalue weighted by molar-refractivity contribution is -0.142. The van der Waals surface area contributed by atoms with E-state index >= 15 is 0 Å². The van der Waals surface area contributed by atoms with Crippen molar-refractivity contribution in [2.24, 2.45) is 11.3 Å². The second-order valence-electron chi connectivity index (χ2n) is 10.5. The van der Waals surface area contributed by atoms with Crippen molar-refractivity contribution in [1.29, 1.82) is 0 Å². The summed E-state index contributed by atoms with van der Waals surface area (Å²) >= 11 is 0. The van der Waals surface area contributed by atoms with Crippen LogP contribution in [0.5, 0.6) is 0 Å². The molecule has 1 N–H and O–H groups in total. The molecule has 0 radical (unpaired) electrons. The quantitative estimate of drug-likeness (QED) is 0.452. The number of esters is 1. The standard InChI is InChI=1S/C25H45N3O4/c1-11-32-24(31)17(4)15-20(16(2)3)28(10)23(30)21(25(6,7)8)26-22(29)19-14-12-13-18(5)27(19)9/h15-16,18-21H,11-14H2,1-10H3,(H,26,29)/b17-15+/t18-,19?,20+,21+/m0/s1. The highest BCUT2D eigenvalue weighted by Gasteiger charge is 2.39. The fraction of sp³-hybridized carbons (Fsp3) is 0.800. The van der Waals surface area contributed by atoms with Crippen molar-refractivity contribution in [3.63, 3.8) is 0 Å². The van der Waals surface area contributed by atoms with Crippen LogP contribution in [0.15, 0.2) is 11.6 Å². The van der Waals surface area contributed by atoms with Gasteiger partial charge in [-0.2, -0.15) is 0 Å². The van der Waals surface area contributed by atoms with Crippen molar-refractivity contribution in [2.45, 2.75) is 98.8 Å². The molecule has 0 aromatic heterocycles. The van der Waals surface area contributed by atoms with E-state index in [1.54, 1.807) is 31.9 Å². The monoisotopic (exact) mass is 451 g/mol. The minimum absolute atomic E-state index is 0.0787. The summed E-state index contributed by atoms with van der Waals surface area (Å²) in [5, 5.41) is 3.06. The molecule has 1 aliphatic rings. The van der Waals surface area contributed by atoms with Crippen molar-refractivity contribution >= 4 is 17.8 Å². The molecule has 0 aromatic carbocycles. The van der Waals surface area contributed by atoms with Crippen LogP contribution in [0.1, 0.15) is 74.7 Å². The summed E-state index contributed by atoms with van der Waals surface area (Å²) < 4.78 is 5.09. The lowest BCUT2D eigenvalue weighted by Crippen LogP contribution is -2.60. The summed E-state index contributed by atoms with van der Waals surface area (Å²) in [6.07, 6.45) is 4.67. The largest absolute Gasteiger partial charge is 0.463 e. The van der Waals surface area contributed by atoms with Gasteiger partial charge in [-0.1, -0.05) is 40.7 Å². The van der Waals surface area contributed by atoms with E-state index < -0.39 is 11.5 Å². The molecule has 2 amide bonds. The molecule has 7 nitrogen and oxygen atoms in total. The van der Waals surface area contributed by atoms with E-state index in [0.717, 1.165) is 19.3 Å². The molecule has 1 rings (SSSR count). The van der Waals surface area contributed by atoms with Crippen LogP contribution in [0.4, 0.5) is 0 Å². The number of ether oxygens (including phenoxy) is 1. The Hall–Kier alpha value is -1.89. The van der Waals surface area contributed by atoms with Crippen LogP contribution in [0.2, 0.25) is 0 Å². The maximum absolute atomic E-state index is 13.6. The third-order valence-corrected chi connectivity index (χ3v) is 6.48. The molecule has 0 spiro atoms. The first-order valence-corrected chi connectivity index (χ1v) is 11.9. The lowest BCUT2D eigenvalue weighted by atomic mass is 9.84. The number of hydrogen-bond donors (Lipinski definition) is 1. The molecule has 1 heterocycles. The highest BCUT2D eigenvalue weighted by atomic mass is 16.5. The summed E-state index contributed by atoms with van der Waals surface area (Å²) in [5.74, 6) is -0.562. The van der Waals surface area contributed by atoms with Gasteiger partial charge in [-0.15, -0.1) is 0 Å². The van der Waals surface area contributed by atoms with Gasteiger partial charge in [0.15, 0.2) is 0 Å². The van der Waals surface area contributed by atoms with Crippen LogP contribution < -0.4 is 5.32 Å². The zero-order chi connectivity index (χ0) is 24.8. The Kier molecular flexibility index (Phi) is 10.4. The van der Waals surface area contributed by atoms with Gasteiger partial charge in [0.1, 0.15) is 6.04 Å². The molecule has 0 aromatic rings. The molecule has 7 heteroatoms. The number of likely N-dealkylation sites (N-methyl/N-ethyl adjacent to an activating group) is 2. The molecule has 0 bridgehead atoms. The molecule has 184 valence electrons. The van der Waals surface area contributed by atoms with Crippen molar-refractivity contribution in [3.8, 4) is 0 Å². The average molecular weight is 452 g/mol. The number of piperidine rings is 1. The summed E-state index contributed by atoms with van der Waals surface area (Å²) in [6.45, 7) is 15.8. The summed E-state index contributed by atoms with van der Waals surface area (Å²) in [5.41, 5.74) is 0.000687. The highest BCUT2D eigenvalue weighted by Crippen LogP contribution is 2.26. The van der Waals surface area contributed by atoms with E-state index in [0.29, 0.717) is 18.2 Å². The average Bonchev–Trinajstić information content (AvgIpc) is 2.69. The third-order valence-electron chi connectivity index (χ3n) is 6.48. The van der Waals surface area contributed by atoms with E-state index in [1.165, 1.54) is 0 Å². The first-order chi connectivity index (χ1) is 14.7. The zero-order valence-electron chi connectivity index (χ0n) is 21.8. The minimum Gasteiger partial charge on any atom is -0.463 e. The summed E-state index contributed by atoms with van der Waals surface area (Å²) in [4.78, 5) is 42.7. The third kappa shape index (κ3) is 7.32. The fourth-order valence-corrected chi connectivity index (χ4v) is 4.20. The molecule has 1 aliphatic heterocycles. The molecular weight excluding hydrogens is 406 g/mol. The molecule has 4 atom stereocenters. The Bertz CT molecular complexity index is 696. The van der Waals surface area contributed by atoms with E-state index in [2.05, 4.69) is 17.1 Å². The SMILES string of the molecule is CCOC(=O)/C(C)=C/[C@H](C(C)C)N(C)C(=O)[C@@H](NC(=O)C1CCC[C@H](C)N1C)C(C)(C)C. The minimum atomic E-state index is -0.678. The van der Waals surface area contributed by atoms with Crippen LogP contribution in [-0.2, 0) is 19.1 Å². The van der Waals surface area contributed by atoms with Gasteiger partial charge in [0.25, 0.3) is 0 Å². The Morgan fingerprint density at radius 1 is 1.22 bits per heavy atom. The van der Waals surface area contributed by atoms with Crippen LogP contribution in [-0.4, -0.2) is 72.5 Å². The second-order valence-corrected chi connectivity index (χ2v) is 10.5. The molecule has 1 unspecified atom stereocenters. The van der Waals surface area contributed by atoms with E-state index in [9.17, 15) is 14.4 Å². The second kappa shape index (κ2) is 11.8. The number of nitrogens with zero attached hydrogens (tertiary/aromatic N) is 2. The normalized spacial score (nSPS) is 22.3. The number of amides is 2. The topological polar surface area (TPSA) is 79.0 Å². The predicted molar refractivity (Wildman–Crippen MR) is 128 cm³/mol. The zero-order valence-corrected chi connectivity index (χ0v) is 21.8. The van der Waals surface area contributed by atoms with Gasteiger partial charge >= 0.3 is 5.97 Å². The Morgan fingerprint density at radius 2 is 1.81 bits per heavy atom. The van der Waals surface area contributed by atoms with Crippen LogP contribution in [0.3, 0.4) is 0 Å². The van der Waals surface area contributed by atoms with Gasteiger partial charge < -0.3 is 15.0 Å². The number of carbonyl (C=O) groups is 3. The van der Waals surface area contributed by atoms with E-state index in [4.69, 9.17) is 4.74 Å². The van der Waals surface area contributed by atoms with E-state index in [-0.39, 0.29) is 35.8 Å². The fourth-order valence-electron chi connectivity index (χ4n) is 4.20. The van der Waals surface area contributed by atoms with Crippen LogP contribution in [0.25, 0.3) is 0 Å². The Balaban J connectivity index is 3.12. The van der Waals surface area contributed by atoms with Crippen molar-refractivity contribution in [1.82, 2.24) is 15.1 Å². The Morgan fingerprint density at radius 3 is 2.31 bits per heavy atom. The van der Waals surface area contributed by atoms with Crippen molar-refractivity contribution < 1.29 is 19.1 Å². The number of nitrogens with one attached hydrogen (secondary N) is 1. The smallest absolute Gasteiger partial charge is 0.333 e. The van der Waals surface area contributed by atoms with Gasteiger partial charge in [0.2, 0.25) is 11.8 Å². The molecular formula is C25H45N3O4. The molecule has 1 fully saturated rings. The molecule has 32 heavy (non-hydrogen) atoms. The van der Waals surface area contributed by atoms with Gasteiger partial charge in [-0.25, -0.2) is 4.79 Å². The molecule has 1 saturated heterocycles. The number of rotatable bonds is 8. The first kappa shape index (κ1) is 28.1. The summed E-state index contributed by atoms with van der Waals surface area (Å²) in [7, 11) is 3.72. The number of likely N-dealkylation sites (tertiary alicyclic amines) is 1. The van der Waals surface area contributed by atoms with Gasteiger partial charge in [-0.3, -0.25) is 14.5 Å². The maximum Gasteiger partial charge on any atom is 0.333 e. The van der Waals surface area contributed by atoms with Gasteiger partial charge in [0, 0.05) is 18.7 Å². The van der Waals surface area contributed by atoms with Crippen molar-refractivity contribution in [3.05, 3.63) is 11.6 Å². The van der Waals surface area contributed by atoms with Gasteiger partial charge in [-0.05, 0) is 58.4 Å². The molecule has 0 aliphatic carbocycles. The number of carbonyl (C=O) groups excluding carboxylic acids is 3. The highest BCUT2D eigenvalue weighted by molar-refractivity contribution is 5.91. The predicted octanol–water partition coefficient (Wildman–Crippen LogP) is 3.38. The summed E-state index contributed by atoms with van der Waals surface area (Å²) in [6, 6.07) is -0.866. The van der Waals surface area contributed by atoms with E-state index in [1.807, 2.05) is 41.7 Å². The van der Waals surface area contributed by atoms with Crippen LogP contribution in [0, 0.1) is 11.3 Å². The maximum atomic E-state index is 13.6. The molecule has 0 saturated carbocycles. The van der Waals surface area contributed by atoms with Crippen LogP contribution >= 0.6 is 0 Å². The number of hydrogen-bond acceptors (Lipinski definition) is 5. The lowest BCUT2D eigenvalue weighted by Gasteiger charge is -2.40. The Labute approximate surface area is 194 Å². The van der Waals surface area contributed by atoms with Gasteiger partial charge in [0.05, 0.1) is 18.7 Å².